The first kappa shape index (κ1) is 12.6. The molecule has 3 N–H and O–H groups in total. The summed E-state index contributed by atoms with van der Waals surface area (Å²) in [5, 5.41) is 18.4. The molecule has 1 amide bonds. The van der Waals surface area contributed by atoms with Crippen molar-refractivity contribution in [3.8, 4) is 11.3 Å². The highest BCUT2D eigenvalue weighted by Gasteiger charge is 2.11. The third-order valence-electron chi connectivity index (χ3n) is 2.37. The number of rotatable bonds is 4. The highest BCUT2D eigenvalue weighted by atomic mass is 35.5. The van der Waals surface area contributed by atoms with Gasteiger partial charge in [0.1, 0.15) is 5.69 Å². The zero-order valence-electron chi connectivity index (χ0n) is 9.48. The summed E-state index contributed by atoms with van der Waals surface area (Å²) >= 11 is 6.04. The van der Waals surface area contributed by atoms with Gasteiger partial charge in [-0.05, 0) is 12.1 Å². The molecule has 18 heavy (non-hydrogen) atoms. The Bertz CT molecular complexity index is 554. The number of amides is 1. The summed E-state index contributed by atoms with van der Waals surface area (Å²) in [6.07, 6.45) is 0. The van der Waals surface area contributed by atoms with E-state index in [1.54, 1.807) is 12.1 Å². The summed E-state index contributed by atoms with van der Waals surface area (Å²) in [5.41, 5.74) is 1.70. The summed E-state index contributed by atoms with van der Waals surface area (Å²) in [6, 6.07) is 8.88. The summed E-state index contributed by atoms with van der Waals surface area (Å²) in [5.74, 6) is -0.310. The molecular weight excluding hydrogens is 254 g/mol. The lowest BCUT2D eigenvalue weighted by atomic mass is 10.1. The highest BCUT2D eigenvalue weighted by molar-refractivity contribution is 6.33. The standard InChI is InChI=1S/C12H12ClN3O2/c13-9-4-2-1-3-8(9)10-7-11(16-15-10)12(18)14-5-6-17/h1-4,7,17H,5-6H2,(H,14,18)(H,15,16). The van der Waals surface area contributed by atoms with Crippen LogP contribution in [0.2, 0.25) is 5.02 Å². The van der Waals surface area contributed by atoms with Gasteiger partial charge in [-0.3, -0.25) is 9.89 Å². The van der Waals surface area contributed by atoms with Crippen molar-refractivity contribution in [3.05, 3.63) is 41.0 Å². The number of aromatic nitrogens is 2. The Morgan fingerprint density at radius 3 is 2.94 bits per heavy atom. The van der Waals surface area contributed by atoms with Gasteiger partial charge in [0.05, 0.1) is 17.3 Å². The van der Waals surface area contributed by atoms with E-state index in [0.717, 1.165) is 5.56 Å². The molecule has 0 fully saturated rings. The highest BCUT2D eigenvalue weighted by Crippen LogP contribution is 2.25. The number of hydrogen-bond acceptors (Lipinski definition) is 3. The maximum atomic E-state index is 11.6. The number of halogens is 1. The van der Waals surface area contributed by atoms with Crippen LogP contribution in [0.25, 0.3) is 11.3 Å². The molecule has 1 aromatic heterocycles. The fourth-order valence-electron chi connectivity index (χ4n) is 1.51. The van der Waals surface area contributed by atoms with E-state index < -0.39 is 0 Å². The predicted octanol–water partition coefficient (Wildman–Crippen LogP) is 1.45. The van der Waals surface area contributed by atoms with Crippen molar-refractivity contribution in [2.75, 3.05) is 13.2 Å². The van der Waals surface area contributed by atoms with Gasteiger partial charge >= 0.3 is 0 Å². The van der Waals surface area contributed by atoms with E-state index in [2.05, 4.69) is 15.5 Å². The van der Waals surface area contributed by atoms with Gasteiger partial charge in [0.2, 0.25) is 0 Å². The van der Waals surface area contributed by atoms with Gasteiger partial charge in [-0.15, -0.1) is 0 Å². The molecule has 94 valence electrons. The van der Waals surface area contributed by atoms with Crippen LogP contribution in [0.4, 0.5) is 0 Å². The van der Waals surface area contributed by atoms with Crippen LogP contribution in [0, 0.1) is 0 Å². The summed E-state index contributed by atoms with van der Waals surface area (Å²) in [7, 11) is 0. The summed E-state index contributed by atoms with van der Waals surface area (Å²) in [4.78, 5) is 11.6. The van der Waals surface area contributed by atoms with Crippen molar-refractivity contribution < 1.29 is 9.90 Å². The van der Waals surface area contributed by atoms with Crippen LogP contribution >= 0.6 is 11.6 Å². The molecule has 2 rings (SSSR count). The molecule has 0 bridgehead atoms. The molecule has 0 saturated carbocycles. The average Bonchev–Trinajstić information content (AvgIpc) is 2.86. The largest absolute Gasteiger partial charge is 0.395 e. The van der Waals surface area contributed by atoms with Gasteiger partial charge < -0.3 is 10.4 Å². The maximum absolute atomic E-state index is 11.6. The smallest absolute Gasteiger partial charge is 0.269 e. The number of hydrogen-bond donors (Lipinski definition) is 3. The molecule has 0 radical (unpaired) electrons. The van der Waals surface area contributed by atoms with E-state index >= 15 is 0 Å². The lowest BCUT2D eigenvalue weighted by Crippen LogP contribution is -2.26. The SMILES string of the molecule is O=C(NCCO)c1cc(-c2ccccc2Cl)n[nH]1. The van der Waals surface area contributed by atoms with Gasteiger partial charge in [0, 0.05) is 12.1 Å². The van der Waals surface area contributed by atoms with Crippen LogP contribution in [-0.4, -0.2) is 34.4 Å². The second-order valence-electron chi connectivity index (χ2n) is 3.63. The Morgan fingerprint density at radius 1 is 1.44 bits per heavy atom. The minimum absolute atomic E-state index is 0.1000. The first-order valence-corrected chi connectivity index (χ1v) is 5.79. The summed E-state index contributed by atoms with van der Waals surface area (Å²) < 4.78 is 0. The molecule has 1 aromatic carbocycles. The van der Waals surface area contributed by atoms with Crippen molar-refractivity contribution in [2.24, 2.45) is 0 Å². The average molecular weight is 266 g/mol. The van der Waals surface area contributed by atoms with Gasteiger partial charge in [-0.2, -0.15) is 5.10 Å². The number of aliphatic hydroxyl groups is 1. The fraction of sp³-hybridized carbons (Fsp3) is 0.167. The Labute approximate surface area is 109 Å². The molecule has 2 aromatic rings. The third kappa shape index (κ3) is 2.69. The molecule has 0 unspecified atom stereocenters. The van der Waals surface area contributed by atoms with Gasteiger partial charge in [0.15, 0.2) is 0 Å². The topological polar surface area (TPSA) is 78.0 Å². The number of aromatic amines is 1. The van der Waals surface area contributed by atoms with Gasteiger partial charge in [0.25, 0.3) is 5.91 Å². The van der Waals surface area contributed by atoms with Crippen LogP contribution in [0.1, 0.15) is 10.5 Å². The number of benzene rings is 1. The molecule has 0 aliphatic heterocycles. The normalized spacial score (nSPS) is 10.3. The lowest BCUT2D eigenvalue weighted by Gasteiger charge is -1.99. The van der Waals surface area contributed by atoms with Crippen LogP contribution in [0.15, 0.2) is 30.3 Å². The monoisotopic (exact) mass is 265 g/mol. The van der Waals surface area contributed by atoms with Crippen molar-refractivity contribution >= 4 is 17.5 Å². The minimum atomic E-state index is -0.310. The summed E-state index contributed by atoms with van der Waals surface area (Å²) in [6.45, 7) is 0.108. The predicted molar refractivity (Wildman–Crippen MR) is 68.5 cm³/mol. The number of carbonyl (C=O) groups excluding carboxylic acids is 1. The molecule has 0 saturated heterocycles. The second-order valence-corrected chi connectivity index (χ2v) is 4.03. The fourth-order valence-corrected chi connectivity index (χ4v) is 1.74. The van der Waals surface area contributed by atoms with Crippen molar-refractivity contribution in [1.29, 1.82) is 0 Å². The molecule has 6 heteroatoms. The second kappa shape index (κ2) is 5.66. The number of nitrogens with one attached hydrogen (secondary N) is 2. The molecule has 1 heterocycles. The minimum Gasteiger partial charge on any atom is -0.395 e. The first-order chi connectivity index (χ1) is 8.72. The Kier molecular flexibility index (Phi) is 3.96. The molecule has 0 atom stereocenters. The quantitative estimate of drug-likeness (QED) is 0.783. The van der Waals surface area contributed by atoms with Gasteiger partial charge in [-0.1, -0.05) is 29.8 Å². The Hall–Kier alpha value is -1.85. The third-order valence-corrected chi connectivity index (χ3v) is 2.70. The number of nitrogens with zero attached hydrogens (tertiary/aromatic N) is 1. The van der Waals surface area contributed by atoms with E-state index in [1.165, 1.54) is 0 Å². The molecule has 0 aliphatic rings. The van der Waals surface area contributed by atoms with Gasteiger partial charge in [-0.25, -0.2) is 0 Å². The molecule has 0 spiro atoms. The van der Waals surface area contributed by atoms with E-state index in [9.17, 15) is 4.79 Å². The van der Waals surface area contributed by atoms with E-state index in [4.69, 9.17) is 16.7 Å². The van der Waals surface area contributed by atoms with Crippen LogP contribution in [0.5, 0.6) is 0 Å². The number of aliphatic hydroxyl groups excluding tert-OH is 1. The van der Waals surface area contributed by atoms with E-state index in [0.29, 0.717) is 16.4 Å². The molecular formula is C12H12ClN3O2. The van der Waals surface area contributed by atoms with Crippen LogP contribution in [0.3, 0.4) is 0 Å². The van der Waals surface area contributed by atoms with Crippen molar-refractivity contribution in [3.63, 3.8) is 0 Å². The van der Waals surface area contributed by atoms with E-state index in [1.807, 2.05) is 18.2 Å². The first-order valence-electron chi connectivity index (χ1n) is 5.41. The number of H-pyrrole nitrogens is 1. The zero-order chi connectivity index (χ0) is 13.0. The van der Waals surface area contributed by atoms with Crippen LogP contribution < -0.4 is 5.32 Å². The van der Waals surface area contributed by atoms with Crippen molar-refractivity contribution in [1.82, 2.24) is 15.5 Å². The number of carbonyl (C=O) groups is 1. The Morgan fingerprint density at radius 2 is 2.22 bits per heavy atom. The lowest BCUT2D eigenvalue weighted by molar-refractivity contribution is 0.0940. The molecule has 0 aliphatic carbocycles. The van der Waals surface area contributed by atoms with Crippen LogP contribution in [-0.2, 0) is 0 Å². The zero-order valence-corrected chi connectivity index (χ0v) is 10.2. The maximum Gasteiger partial charge on any atom is 0.269 e. The Balaban J connectivity index is 2.21. The van der Waals surface area contributed by atoms with E-state index in [-0.39, 0.29) is 19.1 Å². The van der Waals surface area contributed by atoms with Crippen molar-refractivity contribution in [2.45, 2.75) is 0 Å². The molecule has 5 nitrogen and oxygen atoms in total.